The number of carbonyl (C=O) groups excluding carboxylic acids is 2. The number of hydrogen-bond acceptors (Lipinski definition) is 4. The normalized spacial score (nSPS) is 13.5. The van der Waals surface area contributed by atoms with Crippen LogP contribution in [0.2, 0.25) is 5.02 Å². The van der Waals surface area contributed by atoms with E-state index in [1.54, 1.807) is 18.4 Å². The Balaban J connectivity index is 1.33. The molecule has 1 aliphatic rings. The van der Waals surface area contributed by atoms with E-state index in [1.165, 1.54) is 5.56 Å². The van der Waals surface area contributed by atoms with Gasteiger partial charge < -0.3 is 20.0 Å². The van der Waals surface area contributed by atoms with Gasteiger partial charge in [0.1, 0.15) is 11.8 Å². The van der Waals surface area contributed by atoms with E-state index in [0.717, 1.165) is 30.0 Å². The van der Waals surface area contributed by atoms with E-state index in [-0.39, 0.29) is 12.6 Å². The number of rotatable bonds is 7. The molecule has 2 N–H and O–H groups in total. The molecule has 3 aromatic rings. The third kappa shape index (κ3) is 5.09. The maximum atomic E-state index is 12.4. The van der Waals surface area contributed by atoms with E-state index < -0.39 is 11.8 Å². The summed E-state index contributed by atoms with van der Waals surface area (Å²) in [6, 6.07) is 19.2. The molecule has 0 fully saturated rings. The largest absolute Gasteiger partial charge is 0.467 e. The molecule has 0 radical (unpaired) electrons. The van der Waals surface area contributed by atoms with Crippen molar-refractivity contribution in [2.45, 2.75) is 18.9 Å². The van der Waals surface area contributed by atoms with Crippen molar-refractivity contribution in [2.24, 2.45) is 0 Å². The lowest BCUT2D eigenvalue weighted by Gasteiger charge is -2.29. The molecular weight excluding hydrogens is 414 g/mol. The summed E-state index contributed by atoms with van der Waals surface area (Å²) in [7, 11) is 0. The van der Waals surface area contributed by atoms with Crippen molar-refractivity contribution in [3.05, 3.63) is 88.8 Å². The molecule has 31 heavy (non-hydrogen) atoms. The first-order chi connectivity index (χ1) is 15.1. The Kier molecular flexibility index (Phi) is 6.57. The highest BCUT2D eigenvalue weighted by Crippen LogP contribution is 2.34. The highest BCUT2D eigenvalue weighted by atomic mass is 35.5. The Bertz CT molecular complexity index is 1030. The number of furan rings is 1. The zero-order valence-electron chi connectivity index (χ0n) is 17.0. The van der Waals surface area contributed by atoms with Gasteiger partial charge >= 0.3 is 11.8 Å². The summed E-state index contributed by atoms with van der Waals surface area (Å²) in [5, 5.41) is 6.10. The first-order valence-electron chi connectivity index (χ1n) is 10.3. The Labute approximate surface area is 186 Å². The molecule has 2 amide bonds. The molecule has 1 aromatic heterocycles. The summed E-state index contributed by atoms with van der Waals surface area (Å²) in [5.41, 5.74) is 3.44. The summed E-state index contributed by atoms with van der Waals surface area (Å²) in [4.78, 5) is 26.8. The molecule has 7 heteroatoms. The minimum absolute atomic E-state index is 0.190. The zero-order chi connectivity index (χ0) is 21.6. The maximum Gasteiger partial charge on any atom is 0.309 e. The first-order valence-corrected chi connectivity index (χ1v) is 10.7. The van der Waals surface area contributed by atoms with E-state index in [0.29, 0.717) is 18.0 Å². The van der Waals surface area contributed by atoms with E-state index >= 15 is 0 Å². The van der Waals surface area contributed by atoms with Gasteiger partial charge in [-0.2, -0.15) is 0 Å². The fourth-order valence-corrected chi connectivity index (χ4v) is 3.98. The molecule has 4 rings (SSSR count). The monoisotopic (exact) mass is 437 g/mol. The quantitative estimate of drug-likeness (QED) is 0.555. The molecule has 160 valence electrons. The van der Waals surface area contributed by atoms with Crippen molar-refractivity contribution in [1.82, 2.24) is 10.6 Å². The zero-order valence-corrected chi connectivity index (χ0v) is 17.8. The van der Waals surface area contributed by atoms with Crippen LogP contribution in [0, 0.1) is 0 Å². The SMILES string of the molecule is O=C(NCCc1ccc(Cl)cc1)C(=O)NC[C@@H](c1ccco1)N1CCc2ccccc21. The van der Waals surface area contributed by atoms with Gasteiger partial charge in [-0.05, 0) is 54.3 Å². The molecule has 2 aromatic carbocycles. The number of hydrogen-bond donors (Lipinski definition) is 2. The Morgan fingerprint density at radius 3 is 2.55 bits per heavy atom. The Morgan fingerprint density at radius 2 is 1.77 bits per heavy atom. The van der Waals surface area contributed by atoms with Crippen LogP contribution in [0.3, 0.4) is 0 Å². The van der Waals surface area contributed by atoms with E-state index in [4.69, 9.17) is 16.0 Å². The number of fused-ring (bicyclic) bond motifs is 1. The predicted molar refractivity (Wildman–Crippen MR) is 120 cm³/mol. The van der Waals surface area contributed by atoms with Gasteiger partial charge in [0.2, 0.25) is 0 Å². The third-order valence-electron chi connectivity index (χ3n) is 5.45. The number of amides is 2. The van der Waals surface area contributed by atoms with Crippen molar-refractivity contribution < 1.29 is 14.0 Å². The molecule has 0 unspecified atom stereocenters. The molecule has 1 atom stereocenters. The van der Waals surface area contributed by atoms with Crippen LogP contribution in [0.25, 0.3) is 0 Å². The van der Waals surface area contributed by atoms with Crippen LogP contribution in [0.1, 0.15) is 22.9 Å². The summed E-state index contributed by atoms with van der Waals surface area (Å²) < 4.78 is 5.64. The van der Waals surface area contributed by atoms with Crippen molar-refractivity contribution in [3.8, 4) is 0 Å². The Hall–Kier alpha value is -3.25. The molecule has 1 aliphatic heterocycles. The van der Waals surface area contributed by atoms with Crippen LogP contribution in [-0.2, 0) is 22.4 Å². The van der Waals surface area contributed by atoms with E-state index in [9.17, 15) is 9.59 Å². The number of carbonyl (C=O) groups is 2. The molecule has 0 saturated carbocycles. The molecule has 0 spiro atoms. The lowest BCUT2D eigenvalue weighted by atomic mass is 10.1. The second kappa shape index (κ2) is 9.71. The van der Waals surface area contributed by atoms with Crippen LogP contribution < -0.4 is 15.5 Å². The predicted octanol–water partition coefficient (Wildman–Crippen LogP) is 3.51. The highest BCUT2D eigenvalue weighted by Gasteiger charge is 2.29. The van der Waals surface area contributed by atoms with Gasteiger partial charge in [0.05, 0.1) is 6.26 Å². The van der Waals surface area contributed by atoms with Gasteiger partial charge in [-0.25, -0.2) is 0 Å². The number of nitrogens with zero attached hydrogens (tertiary/aromatic N) is 1. The minimum atomic E-state index is -0.653. The molecule has 0 saturated heterocycles. The van der Waals surface area contributed by atoms with Gasteiger partial charge in [-0.1, -0.05) is 41.9 Å². The number of anilines is 1. The van der Waals surface area contributed by atoms with Crippen LogP contribution in [0.15, 0.2) is 71.3 Å². The summed E-state index contributed by atoms with van der Waals surface area (Å²) in [6.07, 6.45) is 3.18. The molecule has 0 aliphatic carbocycles. The van der Waals surface area contributed by atoms with E-state index in [1.807, 2.05) is 36.4 Å². The van der Waals surface area contributed by atoms with Crippen molar-refractivity contribution in [2.75, 3.05) is 24.5 Å². The standard InChI is InChI=1S/C24H24ClN3O3/c25-19-9-7-17(8-10-19)11-13-26-23(29)24(30)27-16-21(22-6-3-15-31-22)28-14-12-18-4-1-2-5-20(18)28/h1-10,15,21H,11-14,16H2,(H,26,29)(H,27,30)/t21-/m0/s1. The van der Waals surface area contributed by atoms with Crippen molar-refractivity contribution >= 4 is 29.1 Å². The second-order valence-corrected chi connectivity index (χ2v) is 7.88. The fraction of sp³-hybridized carbons (Fsp3) is 0.250. The average Bonchev–Trinajstić information content (AvgIpc) is 3.46. The smallest absolute Gasteiger partial charge is 0.309 e. The molecular formula is C24H24ClN3O3. The lowest BCUT2D eigenvalue weighted by molar-refractivity contribution is -0.139. The molecule has 2 heterocycles. The van der Waals surface area contributed by atoms with Crippen molar-refractivity contribution in [3.63, 3.8) is 0 Å². The second-order valence-electron chi connectivity index (χ2n) is 7.45. The first kappa shape index (κ1) is 21.0. The Morgan fingerprint density at radius 1 is 1.00 bits per heavy atom. The van der Waals surface area contributed by atoms with Gasteiger partial charge in [0, 0.05) is 30.3 Å². The lowest BCUT2D eigenvalue weighted by Crippen LogP contribution is -2.44. The number of halogens is 1. The van der Waals surface area contributed by atoms with Gasteiger partial charge in [-0.3, -0.25) is 9.59 Å². The summed E-state index contributed by atoms with van der Waals surface area (Å²) >= 11 is 5.88. The van der Waals surface area contributed by atoms with E-state index in [2.05, 4.69) is 27.7 Å². The number of para-hydroxylation sites is 1. The summed E-state index contributed by atoms with van der Waals surface area (Å²) in [6.45, 7) is 1.47. The number of benzene rings is 2. The van der Waals surface area contributed by atoms with Gasteiger partial charge in [0.25, 0.3) is 0 Å². The highest BCUT2D eigenvalue weighted by molar-refractivity contribution is 6.35. The van der Waals surface area contributed by atoms with Crippen molar-refractivity contribution in [1.29, 1.82) is 0 Å². The fourth-order valence-electron chi connectivity index (χ4n) is 3.85. The topological polar surface area (TPSA) is 74.6 Å². The molecule has 6 nitrogen and oxygen atoms in total. The molecule has 0 bridgehead atoms. The summed E-state index contributed by atoms with van der Waals surface area (Å²) in [5.74, 6) is -0.547. The van der Waals surface area contributed by atoms with Crippen LogP contribution in [-0.4, -0.2) is 31.4 Å². The van der Waals surface area contributed by atoms with Gasteiger partial charge in [-0.15, -0.1) is 0 Å². The number of nitrogens with one attached hydrogen (secondary N) is 2. The van der Waals surface area contributed by atoms with Gasteiger partial charge in [0.15, 0.2) is 0 Å². The maximum absolute atomic E-state index is 12.4. The van der Waals surface area contributed by atoms with Crippen LogP contribution in [0.4, 0.5) is 5.69 Å². The van der Waals surface area contributed by atoms with Crippen LogP contribution >= 0.6 is 11.6 Å². The third-order valence-corrected chi connectivity index (χ3v) is 5.70. The average molecular weight is 438 g/mol. The van der Waals surface area contributed by atoms with Crippen LogP contribution in [0.5, 0.6) is 0 Å². The minimum Gasteiger partial charge on any atom is -0.467 e.